The molecule has 8 heteroatoms. The lowest BCUT2D eigenvalue weighted by atomic mass is 10.0. The second-order valence-electron chi connectivity index (χ2n) is 5.04. The van der Waals surface area contributed by atoms with Crippen LogP contribution in [0.15, 0.2) is 35.3 Å². The summed E-state index contributed by atoms with van der Waals surface area (Å²) in [5, 5.41) is 14.7. The van der Waals surface area contributed by atoms with Crippen molar-refractivity contribution in [3.8, 4) is 0 Å². The van der Waals surface area contributed by atoms with Crippen molar-refractivity contribution in [2.45, 2.75) is 33.9 Å². The van der Waals surface area contributed by atoms with E-state index in [4.69, 9.17) is 10.1 Å². The van der Waals surface area contributed by atoms with Crippen molar-refractivity contribution in [1.82, 2.24) is 14.8 Å². The Labute approximate surface area is 152 Å². The summed E-state index contributed by atoms with van der Waals surface area (Å²) in [7, 11) is 0. The first-order chi connectivity index (χ1) is 12.6. The van der Waals surface area contributed by atoms with Gasteiger partial charge < -0.3 is 15.1 Å². The molecule has 2 rings (SSSR count). The highest BCUT2D eigenvalue weighted by molar-refractivity contribution is 5.95. The number of carbonyl (C=O) groups excluding carboxylic acids is 1. The highest BCUT2D eigenvalue weighted by Gasteiger charge is 2.16. The monoisotopic (exact) mass is 359 g/mol. The summed E-state index contributed by atoms with van der Waals surface area (Å²) in [5.74, 6) is 0. The fraction of sp³-hybridized carbons (Fsp3) is 0.389. The van der Waals surface area contributed by atoms with E-state index in [1.807, 2.05) is 27.7 Å². The van der Waals surface area contributed by atoms with Gasteiger partial charge in [-0.3, -0.25) is 4.79 Å². The Morgan fingerprint density at radius 1 is 1.46 bits per heavy atom. The fourth-order valence-corrected chi connectivity index (χ4v) is 2.39. The molecule has 0 radical (unpaired) electrons. The molecule has 0 saturated carbocycles. The molecule has 140 valence electrons. The molecule has 2 aromatic rings. The normalized spacial score (nSPS) is 12.5. The van der Waals surface area contributed by atoms with Crippen LogP contribution in [-0.2, 0) is 4.74 Å². The molecule has 2 N–H and O–H groups in total. The number of nitroso groups, excluding NO2 is 1. The van der Waals surface area contributed by atoms with Crippen LogP contribution in [-0.4, -0.2) is 40.4 Å². The zero-order valence-electron chi connectivity index (χ0n) is 15.5. The summed E-state index contributed by atoms with van der Waals surface area (Å²) in [6.45, 7) is 8.17. The Kier molecular flexibility index (Phi) is 8.86. The smallest absolute Gasteiger partial charge is 0.166 e. The lowest BCUT2D eigenvalue weighted by Crippen LogP contribution is -2.09. The number of nitrogens with zero attached hydrogens (tertiary/aromatic N) is 3. The standard InChI is InChI=1S/C16H19N5O3.C2H6/c1-3-24-11(2)21-9-13(7-18-21)16(12(6-17)8-19-23)15-5-4-14(10-22)20-15;1-2/h4-7,9-11,17,20H,3,8H2,1-2H3;1-2H3/b16-12+,17-6?;. The third-order valence-corrected chi connectivity index (χ3v) is 3.51. The molecule has 0 aliphatic rings. The van der Waals surface area contributed by atoms with E-state index in [2.05, 4.69) is 15.3 Å². The van der Waals surface area contributed by atoms with Gasteiger partial charge in [-0.25, -0.2) is 4.68 Å². The minimum absolute atomic E-state index is 0.152. The third kappa shape index (κ3) is 5.06. The summed E-state index contributed by atoms with van der Waals surface area (Å²) < 4.78 is 7.15. The van der Waals surface area contributed by atoms with Crippen molar-refractivity contribution in [2.75, 3.05) is 13.2 Å². The van der Waals surface area contributed by atoms with E-state index >= 15 is 0 Å². The van der Waals surface area contributed by atoms with Crippen LogP contribution in [0.3, 0.4) is 0 Å². The molecule has 1 atom stereocenters. The minimum Gasteiger partial charge on any atom is -0.357 e. The molecule has 2 aromatic heterocycles. The zero-order valence-corrected chi connectivity index (χ0v) is 15.5. The van der Waals surface area contributed by atoms with Gasteiger partial charge in [-0.15, -0.1) is 0 Å². The maximum atomic E-state index is 10.9. The number of ether oxygens (including phenoxy) is 1. The molecular formula is C18H25N5O3. The number of nitrogens with one attached hydrogen (secondary N) is 2. The van der Waals surface area contributed by atoms with E-state index in [9.17, 15) is 9.70 Å². The van der Waals surface area contributed by atoms with Gasteiger partial charge in [0.1, 0.15) is 12.8 Å². The van der Waals surface area contributed by atoms with Crippen molar-refractivity contribution >= 4 is 18.1 Å². The SMILES string of the molecule is CC.CCOC(C)n1cc(/C(=C(/C=N)CN=O)c2ccc(C=O)[nH]2)cn1. The van der Waals surface area contributed by atoms with Crippen molar-refractivity contribution < 1.29 is 9.53 Å². The quantitative estimate of drug-likeness (QED) is 0.402. The van der Waals surface area contributed by atoms with Gasteiger partial charge in [-0.2, -0.15) is 10.0 Å². The predicted octanol–water partition coefficient (Wildman–Crippen LogP) is 3.82. The van der Waals surface area contributed by atoms with Crippen LogP contribution in [0.1, 0.15) is 55.7 Å². The van der Waals surface area contributed by atoms with Crippen LogP contribution in [0.25, 0.3) is 5.57 Å². The second kappa shape index (κ2) is 10.9. The van der Waals surface area contributed by atoms with Gasteiger partial charge in [0.2, 0.25) is 0 Å². The topological polar surface area (TPSA) is 113 Å². The van der Waals surface area contributed by atoms with Crippen molar-refractivity contribution in [1.29, 1.82) is 5.41 Å². The summed E-state index contributed by atoms with van der Waals surface area (Å²) in [5.41, 5.74) is 2.74. The van der Waals surface area contributed by atoms with Crippen LogP contribution in [0.5, 0.6) is 0 Å². The number of hydrogen-bond acceptors (Lipinski definition) is 6. The number of aromatic nitrogens is 3. The van der Waals surface area contributed by atoms with Gasteiger partial charge in [0.15, 0.2) is 6.29 Å². The molecule has 0 bridgehead atoms. The van der Waals surface area contributed by atoms with Crippen LogP contribution < -0.4 is 0 Å². The van der Waals surface area contributed by atoms with Gasteiger partial charge in [-0.1, -0.05) is 19.0 Å². The maximum absolute atomic E-state index is 10.9. The van der Waals surface area contributed by atoms with Gasteiger partial charge >= 0.3 is 0 Å². The average Bonchev–Trinajstić information content (AvgIpc) is 3.33. The van der Waals surface area contributed by atoms with Crippen LogP contribution in [0.4, 0.5) is 0 Å². The van der Waals surface area contributed by atoms with Crippen LogP contribution in [0.2, 0.25) is 0 Å². The molecule has 0 amide bonds. The van der Waals surface area contributed by atoms with Gasteiger partial charge in [0.05, 0.1) is 11.9 Å². The highest BCUT2D eigenvalue weighted by Crippen LogP contribution is 2.26. The molecular weight excluding hydrogens is 334 g/mol. The number of rotatable bonds is 9. The highest BCUT2D eigenvalue weighted by atomic mass is 16.5. The molecule has 0 saturated heterocycles. The van der Waals surface area contributed by atoms with Crippen molar-refractivity contribution in [3.63, 3.8) is 0 Å². The van der Waals surface area contributed by atoms with Gasteiger partial charge in [-0.05, 0) is 26.0 Å². The first-order valence-electron chi connectivity index (χ1n) is 8.48. The average molecular weight is 359 g/mol. The number of aldehydes is 1. The molecule has 0 aromatic carbocycles. The van der Waals surface area contributed by atoms with E-state index in [0.717, 1.165) is 6.21 Å². The minimum atomic E-state index is -0.244. The first-order valence-corrected chi connectivity index (χ1v) is 8.48. The second-order valence-corrected chi connectivity index (χ2v) is 5.04. The maximum Gasteiger partial charge on any atom is 0.166 e. The molecule has 0 aliphatic carbocycles. The Bertz CT molecular complexity index is 760. The molecule has 2 heterocycles. The van der Waals surface area contributed by atoms with E-state index in [1.54, 1.807) is 29.2 Å². The van der Waals surface area contributed by atoms with E-state index < -0.39 is 0 Å². The lowest BCUT2D eigenvalue weighted by Gasteiger charge is -2.11. The zero-order chi connectivity index (χ0) is 19.5. The number of aromatic amines is 1. The largest absolute Gasteiger partial charge is 0.357 e. The molecule has 0 aliphatic heterocycles. The van der Waals surface area contributed by atoms with E-state index in [0.29, 0.717) is 41.0 Å². The molecule has 8 nitrogen and oxygen atoms in total. The Morgan fingerprint density at radius 3 is 2.73 bits per heavy atom. The van der Waals surface area contributed by atoms with Gasteiger partial charge in [0.25, 0.3) is 0 Å². The Hall–Kier alpha value is -2.87. The third-order valence-electron chi connectivity index (χ3n) is 3.51. The van der Waals surface area contributed by atoms with Crippen LogP contribution >= 0.6 is 0 Å². The summed E-state index contributed by atoms with van der Waals surface area (Å²) in [6, 6.07) is 3.35. The molecule has 26 heavy (non-hydrogen) atoms. The Morgan fingerprint density at radius 2 is 2.19 bits per heavy atom. The number of H-pyrrole nitrogens is 1. The van der Waals surface area contributed by atoms with E-state index in [-0.39, 0.29) is 12.8 Å². The molecule has 1 unspecified atom stereocenters. The summed E-state index contributed by atoms with van der Waals surface area (Å²) in [4.78, 5) is 24.6. The number of hydrogen-bond donors (Lipinski definition) is 2. The lowest BCUT2D eigenvalue weighted by molar-refractivity contribution is 0.0159. The van der Waals surface area contributed by atoms with Crippen molar-refractivity contribution in [2.24, 2.45) is 5.18 Å². The number of carbonyl (C=O) groups is 1. The predicted molar refractivity (Wildman–Crippen MR) is 102 cm³/mol. The van der Waals surface area contributed by atoms with Gasteiger partial charge in [0, 0.05) is 41.4 Å². The summed E-state index contributed by atoms with van der Waals surface area (Å²) >= 11 is 0. The summed E-state index contributed by atoms with van der Waals surface area (Å²) in [6.07, 6.45) is 4.93. The van der Waals surface area contributed by atoms with E-state index in [1.165, 1.54) is 0 Å². The van der Waals surface area contributed by atoms with Crippen LogP contribution in [0, 0.1) is 10.3 Å². The fourth-order valence-electron chi connectivity index (χ4n) is 2.39. The first kappa shape index (κ1) is 21.2. The molecule has 0 fully saturated rings. The Balaban J connectivity index is 0.00000163. The van der Waals surface area contributed by atoms with Crippen molar-refractivity contribution in [3.05, 3.63) is 52.0 Å². The molecule has 0 spiro atoms.